The number of unbranched alkanes of at least 4 members (excludes halogenated alkanes) is 3. The van der Waals surface area contributed by atoms with Gasteiger partial charge in [0.05, 0.1) is 0 Å². The van der Waals surface area contributed by atoms with Gasteiger partial charge in [0.15, 0.2) is 6.29 Å². The van der Waals surface area contributed by atoms with Gasteiger partial charge in [0, 0.05) is 57.2 Å². The molecule has 158 valence electrons. The van der Waals surface area contributed by atoms with E-state index < -0.39 is 0 Å². The topological polar surface area (TPSA) is 71.4 Å². The van der Waals surface area contributed by atoms with Crippen LogP contribution in [0.15, 0.2) is 41.5 Å². The van der Waals surface area contributed by atoms with Crippen LogP contribution in [-0.2, 0) is 4.79 Å². The summed E-state index contributed by atoms with van der Waals surface area (Å²) in [5.41, 5.74) is 2.73. The van der Waals surface area contributed by atoms with Crippen molar-refractivity contribution in [3.63, 3.8) is 0 Å². The maximum absolute atomic E-state index is 13.1. The maximum atomic E-state index is 13.1. The number of hydrogen-bond acceptors (Lipinski definition) is 6. The molecule has 0 aromatic heterocycles. The van der Waals surface area contributed by atoms with Gasteiger partial charge in [0.25, 0.3) is 0 Å². The quantitative estimate of drug-likeness (QED) is 0.377. The summed E-state index contributed by atoms with van der Waals surface area (Å²) >= 11 is 0. The van der Waals surface area contributed by atoms with E-state index in [-0.39, 0.29) is 18.0 Å². The molecule has 1 fully saturated rings. The Bertz CT molecular complexity index is 702. The van der Waals surface area contributed by atoms with E-state index in [0.29, 0.717) is 6.42 Å². The zero-order valence-corrected chi connectivity index (χ0v) is 16.7. The van der Waals surface area contributed by atoms with E-state index in [4.69, 9.17) is 5.21 Å². The number of nitrogens with zero attached hydrogens (tertiary/aromatic N) is 4. The number of carbonyl (C=O) groups is 1. The summed E-state index contributed by atoms with van der Waals surface area (Å²) in [6.07, 6.45) is 10.1. The summed E-state index contributed by atoms with van der Waals surface area (Å²) in [7, 11) is 0. The molecular weight excluding hydrogens is 373 g/mol. The van der Waals surface area contributed by atoms with Gasteiger partial charge in [-0.25, -0.2) is 9.87 Å². The van der Waals surface area contributed by atoms with Crippen LogP contribution in [0.3, 0.4) is 0 Å². The molecule has 1 atom stereocenters. The highest BCUT2D eigenvalue weighted by atomic mass is 19.1. The van der Waals surface area contributed by atoms with Crippen molar-refractivity contribution in [2.45, 2.75) is 38.4 Å². The van der Waals surface area contributed by atoms with E-state index in [1.165, 1.54) is 12.1 Å². The molecule has 7 nitrogen and oxygen atoms in total. The minimum absolute atomic E-state index is 0.0236. The van der Waals surface area contributed by atoms with Gasteiger partial charge in [-0.3, -0.25) is 19.9 Å². The number of hydrogen-bond donors (Lipinski definition) is 2. The summed E-state index contributed by atoms with van der Waals surface area (Å²) in [4.78, 5) is 22.6. The molecule has 0 bridgehead atoms. The molecule has 3 rings (SSSR count). The molecule has 2 N–H and O–H groups in total. The van der Waals surface area contributed by atoms with E-state index in [9.17, 15) is 9.18 Å². The van der Waals surface area contributed by atoms with E-state index in [0.717, 1.165) is 64.1 Å². The first kappa shape index (κ1) is 21.3. The van der Waals surface area contributed by atoms with Crippen LogP contribution in [0.2, 0.25) is 0 Å². The van der Waals surface area contributed by atoms with Crippen molar-refractivity contribution >= 4 is 17.8 Å². The van der Waals surface area contributed by atoms with Crippen LogP contribution in [0, 0.1) is 5.82 Å². The Balaban J connectivity index is 1.42. The van der Waals surface area contributed by atoms with Crippen molar-refractivity contribution in [1.29, 1.82) is 0 Å². The number of halogens is 1. The number of anilines is 1. The standard InChI is InChI=1S/C21H30FN5O2/c22-18-7-9-19(10-8-18)25-14-16-27(17-15-25)21-23-11-5-13-26(21)12-4-2-1-3-6-20(28)24-29/h5,7-11,13,21,29H,1-4,6,12,14-17H2,(H,24,28). The Morgan fingerprint density at radius 1 is 1.10 bits per heavy atom. The zero-order chi connectivity index (χ0) is 20.5. The highest BCUT2D eigenvalue weighted by Crippen LogP contribution is 2.20. The third kappa shape index (κ3) is 6.27. The lowest BCUT2D eigenvalue weighted by Crippen LogP contribution is -2.55. The summed E-state index contributed by atoms with van der Waals surface area (Å²) < 4.78 is 13.1. The number of allylic oxidation sites excluding steroid dienone is 1. The lowest BCUT2D eigenvalue weighted by Gasteiger charge is -2.43. The molecule has 1 amide bonds. The lowest BCUT2D eigenvalue weighted by atomic mass is 10.1. The number of nitrogens with one attached hydrogen (secondary N) is 1. The average Bonchev–Trinajstić information content (AvgIpc) is 2.77. The fourth-order valence-electron chi connectivity index (χ4n) is 3.78. The second-order valence-electron chi connectivity index (χ2n) is 7.42. The van der Waals surface area contributed by atoms with Crippen LogP contribution in [0.4, 0.5) is 10.1 Å². The first-order valence-electron chi connectivity index (χ1n) is 10.3. The third-order valence-electron chi connectivity index (χ3n) is 5.41. The second kappa shape index (κ2) is 10.9. The smallest absolute Gasteiger partial charge is 0.243 e. The SMILES string of the molecule is O=C(CCCCCCN1C=CC=NC1N1CCN(c2ccc(F)cc2)CC1)NO. The number of piperazine rings is 1. The molecular formula is C21H30FN5O2. The van der Waals surface area contributed by atoms with Gasteiger partial charge < -0.3 is 9.80 Å². The van der Waals surface area contributed by atoms with Crippen molar-refractivity contribution in [2.24, 2.45) is 4.99 Å². The molecule has 2 aliphatic heterocycles. The summed E-state index contributed by atoms with van der Waals surface area (Å²) in [5.74, 6) is -0.527. The van der Waals surface area contributed by atoms with Crippen LogP contribution >= 0.6 is 0 Å². The predicted molar refractivity (Wildman–Crippen MR) is 111 cm³/mol. The van der Waals surface area contributed by atoms with Gasteiger partial charge in [-0.2, -0.15) is 0 Å². The minimum atomic E-state index is -0.321. The molecule has 2 heterocycles. The summed E-state index contributed by atoms with van der Waals surface area (Å²) in [6.45, 7) is 4.51. The van der Waals surface area contributed by atoms with E-state index >= 15 is 0 Å². The fourth-order valence-corrected chi connectivity index (χ4v) is 3.78. The average molecular weight is 404 g/mol. The largest absolute Gasteiger partial charge is 0.369 e. The van der Waals surface area contributed by atoms with Crippen LogP contribution in [0.5, 0.6) is 0 Å². The van der Waals surface area contributed by atoms with Crippen molar-refractivity contribution in [3.8, 4) is 0 Å². The van der Waals surface area contributed by atoms with Crippen LogP contribution < -0.4 is 10.4 Å². The number of carbonyl (C=O) groups excluding carboxylic acids is 1. The number of benzene rings is 1. The Kier molecular flexibility index (Phi) is 8.01. The number of amides is 1. The van der Waals surface area contributed by atoms with Crippen molar-refractivity contribution in [1.82, 2.24) is 15.3 Å². The van der Waals surface area contributed by atoms with Crippen molar-refractivity contribution < 1.29 is 14.4 Å². The maximum Gasteiger partial charge on any atom is 0.243 e. The Labute approximate surface area is 171 Å². The molecule has 1 saturated heterocycles. The van der Waals surface area contributed by atoms with E-state index in [1.807, 2.05) is 24.4 Å². The van der Waals surface area contributed by atoms with Crippen LogP contribution in [-0.4, -0.2) is 66.1 Å². The van der Waals surface area contributed by atoms with Gasteiger partial charge >= 0.3 is 0 Å². The molecule has 0 saturated carbocycles. The first-order valence-corrected chi connectivity index (χ1v) is 10.3. The van der Waals surface area contributed by atoms with Crippen molar-refractivity contribution in [3.05, 3.63) is 42.4 Å². The Morgan fingerprint density at radius 3 is 2.55 bits per heavy atom. The summed E-state index contributed by atoms with van der Waals surface area (Å²) in [6, 6.07) is 6.69. The molecule has 2 aliphatic rings. The van der Waals surface area contributed by atoms with Gasteiger partial charge in [-0.1, -0.05) is 12.8 Å². The van der Waals surface area contributed by atoms with Gasteiger partial charge in [-0.15, -0.1) is 0 Å². The normalized spacial score (nSPS) is 19.6. The van der Waals surface area contributed by atoms with Crippen LogP contribution in [0.25, 0.3) is 0 Å². The lowest BCUT2D eigenvalue weighted by molar-refractivity contribution is -0.129. The predicted octanol–water partition coefficient (Wildman–Crippen LogP) is 2.59. The third-order valence-corrected chi connectivity index (χ3v) is 5.41. The molecule has 0 radical (unpaired) electrons. The number of aliphatic imine (C=N–C) groups is 1. The Morgan fingerprint density at radius 2 is 1.83 bits per heavy atom. The van der Waals surface area contributed by atoms with E-state index in [1.54, 1.807) is 5.48 Å². The number of hydroxylamine groups is 1. The highest BCUT2D eigenvalue weighted by molar-refractivity contribution is 5.74. The van der Waals surface area contributed by atoms with Gasteiger partial charge in [-0.05, 0) is 43.2 Å². The Hall–Kier alpha value is -2.45. The molecule has 8 heteroatoms. The van der Waals surface area contributed by atoms with Crippen molar-refractivity contribution in [2.75, 3.05) is 37.6 Å². The minimum Gasteiger partial charge on any atom is -0.369 e. The number of rotatable bonds is 9. The molecule has 1 unspecified atom stereocenters. The molecule has 1 aromatic carbocycles. The van der Waals surface area contributed by atoms with E-state index in [2.05, 4.69) is 25.9 Å². The zero-order valence-electron chi connectivity index (χ0n) is 16.7. The van der Waals surface area contributed by atoms with Gasteiger partial charge in [0.2, 0.25) is 5.91 Å². The van der Waals surface area contributed by atoms with Crippen LogP contribution in [0.1, 0.15) is 32.1 Å². The molecule has 29 heavy (non-hydrogen) atoms. The fraction of sp³-hybridized carbons (Fsp3) is 0.524. The molecule has 1 aromatic rings. The monoisotopic (exact) mass is 403 g/mol. The van der Waals surface area contributed by atoms with Gasteiger partial charge in [0.1, 0.15) is 5.82 Å². The molecule has 0 spiro atoms. The first-order chi connectivity index (χ1) is 14.2. The highest BCUT2D eigenvalue weighted by Gasteiger charge is 2.27. The summed E-state index contributed by atoms with van der Waals surface area (Å²) in [5, 5.41) is 8.50. The molecule has 0 aliphatic carbocycles. The second-order valence-corrected chi connectivity index (χ2v) is 7.42.